The predicted molar refractivity (Wildman–Crippen MR) is 114 cm³/mol. The highest BCUT2D eigenvalue weighted by Gasteiger charge is 2.23. The van der Waals surface area contributed by atoms with Gasteiger partial charge in [0.25, 0.3) is 0 Å². The average Bonchev–Trinajstić information content (AvgIpc) is 2.71. The number of benzene rings is 2. The van der Waals surface area contributed by atoms with Crippen LogP contribution in [0.15, 0.2) is 24.3 Å². The maximum atomic E-state index is 13.1. The molecule has 0 spiro atoms. The summed E-state index contributed by atoms with van der Waals surface area (Å²) in [4.78, 5) is 22.3. The number of ether oxygens (including phenoxy) is 1. The second-order valence-electron chi connectivity index (χ2n) is 7.96. The fraction of sp³-hybridized carbons (Fsp3) is 0.391. The molecule has 0 amide bonds. The molecule has 0 bridgehead atoms. The standard InChI is InChI=1S/C12H13F2NO2.C11H11F2NO2/c1-17-12(16)8-5-9(13)10(14)6-11(8)15-7-3-2-4-7;12-8-4-7(11(15)16)10(5-9(8)13)14-6-2-1-3-6/h5-7,15H,2-4H2,1H3;4-6,14H,1-3H2,(H,15,16). The minimum Gasteiger partial charge on any atom is -0.478 e. The molecule has 178 valence electrons. The highest BCUT2D eigenvalue weighted by molar-refractivity contribution is 5.95. The summed E-state index contributed by atoms with van der Waals surface area (Å²) in [6.07, 6.45) is 5.98. The number of hydrogen-bond acceptors (Lipinski definition) is 5. The lowest BCUT2D eigenvalue weighted by atomic mass is 9.92. The van der Waals surface area contributed by atoms with Gasteiger partial charge in [0.15, 0.2) is 23.3 Å². The quantitative estimate of drug-likeness (QED) is 0.392. The van der Waals surface area contributed by atoms with Gasteiger partial charge in [0.05, 0.1) is 29.6 Å². The van der Waals surface area contributed by atoms with Crippen LogP contribution in [0, 0.1) is 23.3 Å². The van der Waals surface area contributed by atoms with Gasteiger partial charge in [0.2, 0.25) is 0 Å². The lowest BCUT2D eigenvalue weighted by Crippen LogP contribution is -2.28. The zero-order chi connectivity index (χ0) is 24.1. The number of rotatable bonds is 6. The lowest BCUT2D eigenvalue weighted by molar-refractivity contribution is 0.0600. The second-order valence-corrected chi connectivity index (χ2v) is 7.96. The van der Waals surface area contributed by atoms with Crippen LogP contribution in [-0.2, 0) is 4.74 Å². The number of nitrogens with one attached hydrogen (secondary N) is 2. The number of hydrogen-bond donors (Lipinski definition) is 3. The molecule has 0 aliphatic heterocycles. The molecule has 0 heterocycles. The smallest absolute Gasteiger partial charge is 0.340 e. The summed E-state index contributed by atoms with van der Waals surface area (Å²) in [5.74, 6) is -6.14. The van der Waals surface area contributed by atoms with Crippen LogP contribution in [0.25, 0.3) is 0 Å². The van der Waals surface area contributed by atoms with Crippen molar-refractivity contribution in [2.45, 2.75) is 50.6 Å². The molecule has 2 saturated carbocycles. The molecule has 2 aromatic carbocycles. The van der Waals surface area contributed by atoms with Gasteiger partial charge in [0, 0.05) is 24.2 Å². The number of esters is 1. The fourth-order valence-electron chi connectivity index (χ4n) is 3.33. The minimum atomic E-state index is -1.26. The van der Waals surface area contributed by atoms with E-state index >= 15 is 0 Å². The number of carboxylic acids is 1. The summed E-state index contributed by atoms with van der Waals surface area (Å²) in [5, 5.41) is 14.8. The van der Waals surface area contributed by atoms with Crippen molar-refractivity contribution >= 4 is 23.3 Å². The van der Waals surface area contributed by atoms with Crippen LogP contribution in [-0.4, -0.2) is 36.2 Å². The Hall–Kier alpha value is -3.30. The predicted octanol–water partition coefficient (Wildman–Crippen LogP) is 5.34. The second kappa shape index (κ2) is 10.5. The average molecular weight is 468 g/mol. The number of carboxylic acid groups (broad SMARTS) is 1. The van der Waals surface area contributed by atoms with Crippen LogP contribution in [0.1, 0.15) is 59.2 Å². The molecule has 3 N–H and O–H groups in total. The number of methoxy groups -OCH3 is 1. The molecule has 10 heteroatoms. The molecule has 0 aromatic heterocycles. The first kappa shape index (κ1) is 24.3. The van der Waals surface area contributed by atoms with Crippen molar-refractivity contribution in [2.75, 3.05) is 17.7 Å². The van der Waals surface area contributed by atoms with Crippen molar-refractivity contribution in [2.24, 2.45) is 0 Å². The van der Waals surface area contributed by atoms with Crippen molar-refractivity contribution in [3.63, 3.8) is 0 Å². The van der Waals surface area contributed by atoms with Crippen LogP contribution in [0.3, 0.4) is 0 Å². The van der Waals surface area contributed by atoms with Crippen molar-refractivity contribution in [3.05, 3.63) is 58.7 Å². The van der Waals surface area contributed by atoms with Crippen molar-refractivity contribution in [3.8, 4) is 0 Å². The van der Waals surface area contributed by atoms with Gasteiger partial charge in [-0.1, -0.05) is 0 Å². The van der Waals surface area contributed by atoms with Gasteiger partial charge in [-0.2, -0.15) is 0 Å². The zero-order valence-electron chi connectivity index (χ0n) is 17.9. The Bertz CT molecular complexity index is 1040. The summed E-state index contributed by atoms with van der Waals surface area (Å²) >= 11 is 0. The first-order valence-electron chi connectivity index (χ1n) is 10.5. The number of aromatic carboxylic acids is 1. The molecule has 6 nitrogen and oxygen atoms in total. The first-order valence-corrected chi connectivity index (χ1v) is 10.5. The van der Waals surface area contributed by atoms with E-state index in [9.17, 15) is 27.2 Å². The van der Waals surface area contributed by atoms with E-state index in [1.165, 1.54) is 7.11 Å². The molecule has 33 heavy (non-hydrogen) atoms. The maximum absolute atomic E-state index is 13.1. The topological polar surface area (TPSA) is 87.7 Å². The van der Waals surface area contributed by atoms with Crippen LogP contribution < -0.4 is 10.6 Å². The van der Waals surface area contributed by atoms with Crippen LogP contribution >= 0.6 is 0 Å². The van der Waals surface area contributed by atoms with Crippen LogP contribution in [0.2, 0.25) is 0 Å². The minimum absolute atomic E-state index is 0.0262. The van der Waals surface area contributed by atoms with Gasteiger partial charge >= 0.3 is 11.9 Å². The Balaban J connectivity index is 0.000000186. The maximum Gasteiger partial charge on any atom is 0.340 e. The van der Waals surface area contributed by atoms with Gasteiger partial charge in [-0.05, 0) is 50.7 Å². The summed E-state index contributed by atoms with van der Waals surface area (Å²) in [7, 11) is 1.21. The number of carbonyl (C=O) groups is 2. The number of halogens is 4. The van der Waals surface area contributed by atoms with Gasteiger partial charge < -0.3 is 20.5 Å². The molecular weight excluding hydrogens is 444 g/mol. The van der Waals surface area contributed by atoms with E-state index < -0.39 is 35.2 Å². The summed E-state index contributed by atoms with van der Waals surface area (Å²) < 4.78 is 56.6. The van der Waals surface area contributed by atoms with Crippen molar-refractivity contribution in [1.82, 2.24) is 0 Å². The third-order valence-electron chi connectivity index (χ3n) is 5.69. The van der Waals surface area contributed by atoms with E-state index in [1.807, 2.05) is 0 Å². The molecule has 2 fully saturated rings. The molecule has 2 aromatic rings. The Morgan fingerprint density at radius 2 is 1.18 bits per heavy atom. The van der Waals surface area contributed by atoms with Crippen LogP contribution in [0.4, 0.5) is 28.9 Å². The summed E-state index contributed by atoms with van der Waals surface area (Å²) in [5.41, 5.74) is 0.237. The normalized spacial score (nSPS) is 15.4. The van der Waals surface area contributed by atoms with Crippen LogP contribution in [0.5, 0.6) is 0 Å². The van der Waals surface area contributed by atoms with E-state index in [2.05, 4.69) is 15.4 Å². The Kier molecular flexibility index (Phi) is 7.78. The van der Waals surface area contributed by atoms with E-state index in [1.54, 1.807) is 0 Å². The first-order chi connectivity index (χ1) is 15.7. The lowest BCUT2D eigenvalue weighted by Gasteiger charge is -2.28. The van der Waals surface area contributed by atoms with Gasteiger partial charge in [-0.3, -0.25) is 0 Å². The van der Waals surface area contributed by atoms with Gasteiger partial charge in [0.1, 0.15) is 0 Å². The molecule has 0 radical (unpaired) electrons. The van der Waals surface area contributed by atoms with E-state index in [-0.39, 0.29) is 28.9 Å². The Morgan fingerprint density at radius 3 is 1.55 bits per heavy atom. The number of carbonyl (C=O) groups excluding carboxylic acids is 1. The van der Waals surface area contributed by atoms with Crippen molar-refractivity contribution < 1.29 is 37.0 Å². The molecule has 0 saturated heterocycles. The van der Waals surface area contributed by atoms with Gasteiger partial charge in [-0.15, -0.1) is 0 Å². The number of anilines is 2. The molecule has 2 aliphatic rings. The third kappa shape index (κ3) is 5.94. The summed E-state index contributed by atoms with van der Waals surface area (Å²) in [6.45, 7) is 0. The molecular formula is C23H24F4N2O4. The largest absolute Gasteiger partial charge is 0.478 e. The summed E-state index contributed by atoms with van der Waals surface area (Å²) in [6, 6.07) is 3.86. The Morgan fingerprint density at radius 1 is 0.788 bits per heavy atom. The van der Waals surface area contributed by atoms with E-state index in [0.29, 0.717) is 11.8 Å². The Labute approximate surface area is 187 Å². The highest BCUT2D eigenvalue weighted by Crippen LogP contribution is 2.28. The molecule has 4 rings (SSSR count). The molecule has 0 unspecified atom stereocenters. The molecule has 2 aliphatic carbocycles. The monoisotopic (exact) mass is 468 g/mol. The van der Waals surface area contributed by atoms with Crippen molar-refractivity contribution in [1.29, 1.82) is 0 Å². The SMILES string of the molecule is COC(=O)c1cc(F)c(F)cc1NC1CCC1.O=C(O)c1cc(F)c(F)cc1NC1CCC1. The highest BCUT2D eigenvalue weighted by atomic mass is 19.2. The zero-order valence-corrected chi connectivity index (χ0v) is 17.9. The van der Waals surface area contributed by atoms with E-state index in [4.69, 9.17) is 5.11 Å². The molecule has 0 atom stereocenters. The van der Waals surface area contributed by atoms with Gasteiger partial charge in [-0.25, -0.2) is 27.2 Å². The third-order valence-corrected chi connectivity index (χ3v) is 5.69. The fourth-order valence-corrected chi connectivity index (χ4v) is 3.33. The van der Waals surface area contributed by atoms with E-state index in [0.717, 1.165) is 56.7 Å².